The first kappa shape index (κ1) is 31.0. The Hall–Kier alpha value is -2.66. The molecule has 5 aliphatic rings. The number of nitrogens with zero attached hydrogens (tertiary/aromatic N) is 1. The number of carbonyl (C=O) groups is 1. The summed E-state index contributed by atoms with van der Waals surface area (Å²) in [5.41, 5.74) is 5.49. The first-order chi connectivity index (χ1) is 21.4. The molecule has 4 saturated carbocycles. The van der Waals surface area contributed by atoms with E-state index in [1.54, 1.807) is 12.1 Å². The molecule has 0 bridgehead atoms. The topological polar surface area (TPSA) is 74.2 Å². The van der Waals surface area contributed by atoms with E-state index in [-0.39, 0.29) is 10.8 Å². The third kappa shape index (κ3) is 4.65. The highest BCUT2D eigenvalue weighted by Crippen LogP contribution is 2.76. The quantitative estimate of drug-likeness (QED) is 0.273. The Kier molecular flexibility index (Phi) is 7.54. The number of hydrogen-bond acceptors (Lipinski definition) is 4. The summed E-state index contributed by atoms with van der Waals surface area (Å²) in [7, 11) is 0. The van der Waals surface area contributed by atoms with E-state index in [0.29, 0.717) is 27.9 Å². The van der Waals surface area contributed by atoms with Crippen LogP contribution in [-0.2, 0) is 0 Å². The van der Waals surface area contributed by atoms with Gasteiger partial charge in [0.2, 0.25) is 0 Å². The van der Waals surface area contributed by atoms with Crippen LogP contribution >= 0.6 is 0 Å². The molecular weight excluding hydrogens is 554 g/mol. The SMILES string of the molecule is CC1(C)C(c2ccc(C(=O)O)cc2)=CCC2(C)C1CCC1(C)C2CCC2C3CCCC3(NCCNc3cccnc3)CC[C@]21C. The van der Waals surface area contributed by atoms with E-state index in [1.165, 1.54) is 68.9 Å². The zero-order valence-electron chi connectivity index (χ0n) is 28.3. The van der Waals surface area contributed by atoms with Crippen molar-refractivity contribution in [1.29, 1.82) is 0 Å². The monoisotopic (exact) mass is 609 g/mol. The van der Waals surface area contributed by atoms with Crippen molar-refractivity contribution >= 4 is 17.2 Å². The zero-order chi connectivity index (χ0) is 31.7. The summed E-state index contributed by atoms with van der Waals surface area (Å²) in [5, 5.41) is 17.2. The number of carboxylic acid groups (broad SMARTS) is 1. The van der Waals surface area contributed by atoms with Gasteiger partial charge in [-0.05, 0) is 139 Å². The number of anilines is 1. The third-order valence-corrected chi connectivity index (χ3v) is 15.0. The largest absolute Gasteiger partial charge is 0.478 e. The first-order valence-corrected chi connectivity index (χ1v) is 17.9. The maximum atomic E-state index is 11.5. The molecule has 4 fully saturated rings. The zero-order valence-corrected chi connectivity index (χ0v) is 28.3. The summed E-state index contributed by atoms with van der Waals surface area (Å²) in [5.74, 6) is 2.12. The van der Waals surface area contributed by atoms with E-state index in [2.05, 4.69) is 62.4 Å². The minimum Gasteiger partial charge on any atom is -0.478 e. The number of fused-ring (bicyclic) bond motifs is 7. The molecule has 1 heterocycles. The Morgan fingerprint density at radius 1 is 0.867 bits per heavy atom. The summed E-state index contributed by atoms with van der Waals surface area (Å²) in [4.78, 5) is 15.8. The second kappa shape index (κ2) is 11.0. The number of aromatic carboxylic acids is 1. The molecule has 5 nitrogen and oxygen atoms in total. The van der Waals surface area contributed by atoms with Gasteiger partial charge >= 0.3 is 5.97 Å². The van der Waals surface area contributed by atoms with Crippen LogP contribution in [0.5, 0.6) is 0 Å². The summed E-state index contributed by atoms with van der Waals surface area (Å²) in [6.07, 6.45) is 19.6. The highest BCUT2D eigenvalue weighted by Gasteiger charge is 2.69. The van der Waals surface area contributed by atoms with Crippen molar-refractivity contribution < 1.29 is 9.90 Å². The lowest BCUT2D eigenvalue weighted by atomic mass is 9.33. The lowest BCUT2D eigenvalue weighted by Gasteiger charge is -2.72. The van der Waals surface area contributed by atoms with Crippen molar-refractivity contribution in [2.24, 2.45) is 45.3 Å². The van der Waals surface area contributed by atoms with Crippen LogP contribution in [0.25, 0.3) is 5.57 Å². The number of nitrogens with one attached hydrogen (secondary N) is 2. The van der Waals surface area contributed by atoms with Crippen LogP contribution in [0.15, 0.2) is 54.9 Å². The number of aromatic nitrogens is 1. The van der Waals surface area contributed by atoms with Crippen molar-refractivity contribution in [2.45, 2.75) is 104 Å². The van der Waals surface area contributed by atoms with E-state index >= 15 is 0 Å². The summed E-state index contributed by atoms with van der Waals surface area (Å²) in [6.45, 7) is 15.0. The Morgan fingerprint density at radius 2 is 1.67 bits per heavy atom. The van der Waals surface area contributed by atoms with Gasteiger partial charge in [0, 0.05) is 31.0 Å². The number of allylic oxidation sites excluding steroid dienone is 2. The molecule has 1 aromatic heterocycles. The molecule has 0 aliphatic heterocycles. The van der Waals surface area contributed by atoms with E-state index < -0.39 is 5.97 Å². The molecule has 0 radical (unpaired) electrons. The van der Waals surface area contributed by atoms with Gasteiger partial charge in [-0.1, -0.05) is 59.2 Å². The van der Waals surface area contributed by atoms with Crippen LogP contribution in [0.3, 0.4) is 0 Å². The molecular formula is C40H55N3O2. The number of hydrogen-bond donors (Lipinski definition) is 3. The lowest BCUT2D eigenvalue weighted by Crippen LogP contribution is -2.67. The van der Waals surface area contributed by atoms with Gasteiger partial charge in [-0.15, -0.1) is 0 Å². The van der Waals surface area contributed by atoms with Crippen molar-refractivity contribution in [3.63, 3.8) is 0 Å². The molecule has 7 unspecified atom stereocenters. The van der Waals surface area contributed by atoms with Crippen LogP contribution in [-0.4, -0.2) is 34.7 Å². The fraction of sp³-hybridized carbons (Fsp3) is 0.650. The number of carboxylic acids is 1. The smallest absolute Gasteiger partial charge is 0.335 e. The molecule has 1 aromatic carbocycles. The third-order valence-electron chi connectivity index (χ3n) is 15.0. The van der Waals surface area contributed by atoms with Crippen molar-refractivity contribution in [1.82, 2.24) is 10.3 Å². The van der Waals surface area contributed by atoms with E-state index in [9.17, 15) is 9.90 Å². The van der Waals surface area contributed by atoms with Crippen LogP contribution in [0.2, 0.25) is 0 Å². The van der Waals surface area contributed by atoms with Crippen LogP contribution < -0.4 is 10.6 Å². The molecule has 242 valence electrons. The normalized spacial score (nSPS) is 39.9. The Bertz CT molecular complexity index is 1450. The maximum Gasteiger partial charge on any atom is 0.335 e. The standard InChI is InChI=1S/C40H55N3O2/c1-36(2)30(27-10-12-28(13-11-27)35(44)45)16-19-37(3)33(36)17-20-39(5)34(37)15-14-31-32-9-6-18-40(32,22-21-38(31,39)4)43-25-24-42-29-8-7-23-41-26-29/h7-8,10-13,16,23,26,31-34,42-43H,6,9,14-15,17-22,24-25H2,1-5H3,(H,44,45)/t31?,32?,33?,34?,37?,38-,39?,40?/m1/s1. The van der Waals surface area contributed by atoms with Crippen molar-refractivity contribution in [3.8, 4) is 0 Å². The van der Waals surface area contributed by atoms with Gasteiger partial charge in [-0.3, -0.25) is 4.98 Å². The van der Waals surface area contributed by atoms with Gasteiger partial charge in [0.1, 0.15) is 0 Å². The lowest BCUT2D eigenvalue weighted by molar-refractivity contribution is -0.216. The van der Waals surface area contributed by atoms with Gasteiger partial charge in [0.25, 0.3) is 0 Å². The average Bonchev–Trinajstić information content (AvgIpc) is 3.44. The fourth-order valence-electron chi connectivity index (χ4n) is 12.8. The number of rotatable bonds is 7. The van der Waals surface area contributed by atoms with Crippen LogP contribution in [0.1, 0.15) is 115 Å². The predicted molar refractivity (Wildman–Crippen MR) is 183 cm³/mol. The Balaban J connectivity index is 1.11. The Labute approximate surface area is 271 Å². The predicted octanol–water partition coefficient (Wildman–Crippen LogP) is 9.08. The second-order valence-electron chi connectivity index (χ2n) is 16.8. The van der Waals surface area contributed by atoms with Crippen LogP contribution in [0.4, 0.5) is 5.69 Å². The molecule has 0 spiro atoms. The number of benzene rings is 1. The molecule has 5 aliphatic carbocycles. The van der Waals surface area contributed by atoms with E-state index in [0.717, 1.165) is 43.0 Å². The van der Waals surface area contributed by atoms with Crippen molar-refractivity contribution in [2.75, 3.05) is 18.4 Å². The molecule has 3 N–H and O–H groups in total. The van der Waals surface area contributed by atoms with Gasteiger partial charge in [-0.25, -0.2) is 4.79 Å². The molecule has 5 heteroatoms. The van der Waals surface area contributed by atoms with Gasteiger partial charge in [0.05, 0.1) is 11.3 Å². The molecule has 2 aromatic rings. The average molecular weight is 610 g/mol. The molecule has 7 rings (SSSR count). The minimum atomic E-state index is -0.854. The molecule has 0 saturated heterocycles. The van der Waals surface area contributed by atoms with Crippen LogP contribution in [0, 0.1) is 45.3 Å². The summed E-state index contributed by atoms with van der Waals surface area (Å²) >= 11 is 0. The fourth-order valence-corrected chi connectivity index (χ4v) is 12.8. The molecule has 0 amide bonds. The minimum absolute atomic E-state index is 0.0533. The van der Waals surface area contributed by atoms with Gasteiger partial charge in [0.15, 0.2) is 0 Å². The summed E-state index contributed by atoms with van der Waals surface area (Å²) in [6, 6.07) is 11.7. The van der Waals surface area contributed by atoms with E-state index in [1.807, 2.05) is 30.6 Å². The first-order valence-electron chi connectivity index (χ1n) is 17.9. The number of pyridine rings is 1. The highest BCUT2D eigenvalue weighted by molar-refractivity contribution is 5.88. The van der Waals surface area contributed by atoms with Crippen molar-refractivity contribution in [3.05, 3.63) is 66.0 Å². The highest BCUT2D eigenvalue weighted by atomic mass is 16.4. The second-order valence-corrected chi connectivity index (χ2v) is 16.8. The van der Waals surface area contributed by atoms with E-state index in [4.69, 9.17) is 0 Å². The molecule has 45 heavy (non-hydrogen) atoms. The van der Waals surface area contributed by atoms with Gasteiger partial charge < -0.3 is 15.7 Å². The van der Waals surface area contributed by atoms with Gasteiger partial charge in [-0.2, -0.15) is 0 Å². The molecule has 8 atom stereocenters. The Morgan fingerprint density at radius 3 is 2.40 bits per heavy atom. The maximum absolute atomic E-state index is 11.5. The summed E-state index contributed by atoms with van der Waals surface area (Å²) < 4.78 is 0.